The first-order valence-electron chi connectivity index (χ1n) is 5.89. The number of carboxylic acids is 1. The molecule has 2 rings (SSSR count). The van der Waals surface area contributed by atoms with E-state index in [0.717, 1.165) is 24.2 Å². The van der Waals surface area contributed by atoms with Gasteiger partial charge in [-0.25, -0.2) is 9.97 Å². The molecule has 1 heterocycles. The Morgan fingerprint density at radius 1 is 1.50 bits per heavy atom. The van der Waals surface area contributed by atoms with Gasteiger partial charge in [-0.2, -0.15) is 0 Å². The zero-order valence-corrected chi connectivity index (χ0v) is 11.3. The molecule has 0 radical (unpaired) electrons. The maximum absolute atomic E-state index is 11.3. The molecule has 0 aliphatic heterocycles. The van der Waals surface area contributed by atoms with E-state index in [9.17, 15) is 9.90 Å². The SMILES string of the molecule is Cc1cc(C)nc(SCC(N)(C(=O)O)C2CC2)n1. The highest BCUT2D eigenvalue weighted by Gasteiger charge is 2.48. The van der Waals surface area contributed by atoms with Crippen molar-refractivity contribution in [2.75, 3.05) is 5.75 Å². The molecule has 1 unspecified atom stereocenters. The molecule has 1 saturated carbocycles. The first-order chi connectivity index (χ1) is 8.41. The summed E-state index contributed by atoms with van der Waals surface area (Å²) in [6.07, 6.45) is 1.80. The highest BCUT2D eigenvalue weighted by Crippen LogP contribution is 2.40. The number of aromatic nitrogens is 2. The molecule has 0 bridgehead atoms. The molecule has 1 fully saturated rings. The normalized spacial score (nSPS) is 18.4. The molecule has 1 aromatic heterocycles. The second kappa shape index (κ2) is 4.85. The van der Waals surface area contributed by atoms with Crippen molar-refractivity contribution in [3.05, 3.63) is 17.5 Å². The van der Waals surface area contributed by atoms with E-state index >= 15 is 0 Å². The van der Waals surface area contributed by atoms with Gasteiger partial charge in [-0.15, -0.1) is 0 Å². The van der Waals surface area contributed by atoms with Crippen LogP contribution in [0.3, 0.4) is 0 Å². The van der Waals surface area contributed by atoms with Crippen LogP contribution in [0.4, 0.5) is 0 Å². The third kappa shape index (κ3) is 2.81. The van der Waals surface area contributed by atoms with E-state index in [1.54, 1.807) is 0 Å². The van der Waals surface area contributed by atoms with Crippen LogP contribution in [0.5, 0.6) is 0 Å². The van der Waals surface area contributed by atoms with Crippen LogP contribution < -0.4 is 5.73 Å². The van der Waals surface area contributed by atoms with Crippen molar-refractivity contribution >= 4 is 17.7 Å². The number of nitrogens with two attached hydrogens (primary N) is 1. The lowest BCUT2D eigenvalue weighted by molar-refractivity contribution is -0.143. The first-order valence-corrected chi connectivity index (χ1v) is 6.88. The minimum Gasteiger partial charge on any atom is -0.480 e. The highest BCUT2D eigenvalue weighted by atomic mass is 32.2. The fourth-order valence-electron chi connectivity index (χ4n) is 1.89. The van der Waals surface area contributed by atoms with Gasteiger partial charge in [0.15, 0.2) is 5.16 Å². The third-order valence-electron chi connectivity index (χ3n) is 3.11. The van der Waals surface area contributed by atoms with Crippen LogP contribution in [0, 0.1) is 19.8 Å². The van der Waals surface area contributed by atoms with Gasteiger partial charge in [-0.1, -0.05) is 11.8 Å². The summed E-state index contributed by atoms with van der Waals surface area (Å²) in [6.45, 7) is 3.79. The van der Waals surface area contributed by atoms with Gasteiger partial charge in [-0.3, -0.25) is 4.79 Å². The molecule has 1 aliphatic rings. The summed E-state index contributed by atoms with van der Waals surface area (Å²) in [7, 11) is 0. The minimum atomic E-state index is -1.15. The smallest absolute Gasteiger partial charge is 0.324 e. The molecule has 0 saturated heterocycles. The average Bonchev–Trinajstić information content (AvgIpc) is 3.08. The summed E-state index contributed by atoms with van der Waals surface area (Å²) < 4.78 is 0. The van der Waals surface area contributed by atoms with Crippen LogP contribution in [0.15, 0.2) is 11.2 Å². The summed E-state index contributed by atoms with van der Waals surface area (Å²) in [5, 5.41) is 9.85. The van der Waals surface area contributed by atoms with E-state index in [1.165, 1.54) is 11.8 Å². The van der Waals surface area contributed by atoms with Crippen molar-refractivity contribution in [1.82, 2.24) is 9.97 Å². The molecule has 98 valence electrons. The van der Waals surface area contributed by atoms with E-state index in [1.807, 2.05) is 19.9 Å². The second-order valence-corrected chi connectivity index (χ2v) is 5.78. The predicted molar refractivity (Wildman–Crippen MR) is 69.5 cm³/mol. The van der Waals surface area contributed by atoms with Gasteiger partial charge in [0.25, 0.3) is 0 Å². The van der Waals surface area contributed by atoms with Crippen LogP contribution >= 0.6 is 11.8 Å². The fourth-order valence-corrected chi connectivity index (χ4v) is 3.04. The summed E-state index contributed by atoms with van der Waals surface area (Å²) >= 11 is 1.32. The molecule has 0 spiro atoms. The van der Waals surface area contributed by atoms with Gasteiger partial charge in [-0.05, 0) is 38.7 Å². The number of nitrogens with zero attached hydrogens (tertiary/aromatic N) is 2. The Bertz CT molecular complexity index is 456. The van der Waals surface area contributed by atoms with Gasteiger partial charge < -0.3 is 10.8 Å². The van der Waals surface area contributed by atoms with Crippen LogP contribution in [-0.4, -0.2) is 32.3 Å². The molecule has 1 aliphatic carbocycles. The average molecular weight is 267 g/mol. The Hall–Kier alpha value is -1.14. The molecule has 1 aromatic rings. The highest BCUT2D eigenvalue weighted by molar-refractivity contribution is 7.99. The summed E-state index contributed by atoms with van der Waals surface area (Å²) in [5.41, 5.74) is 6.61. The van der Waals surface area contributed by atoms with E-state index in [0.29, 0.717) is 10.9 Å². The minimum absolute atomic E-state index is 0.0911. The van der Waals surface area contributed by atoms with Crippen molar-refractivity contribution in [1.29, 1.82) is 0 Å². The van der Waals surface area contributed by atoms with Gasteiger partial charge >= 0.3 is 5.97 Å². The number of thioether (sulfide) groups is 1. The monoisotopic (exact) mass is 267 g/mol. The quantitative estimate of drug-likeness (QED) is 0.619. The number of rotatable bonds is 5. The Morgan fingerprint density at radius 3 is 2.50 bits per heavy atom. The van der Waals surface area contributed by atoms with E-state index in [-0.39, 0.29) is 5.92 Å². The van der Waals surface area contributed by atoms with Crippen molar-refractivity contribution < 1.29 is 9.90 Å². The topological polar surface area (TPSA) is 89.1 Å². The fraction of sp³-hybridized carbons (Fsp3) is 0.583. The maximum Gasteiger partial charge on any atom is 0.324 e. The predicted octanol–water partition coefficient (Wildman–Crippen LogP) is 1.38. The van der Waals surface area contributed by atoms with Crippen molar-refractivity contribution in [3.8, 4) is 0 Å². The molecule has 0 aromatic carbocycles. The number of carbonyl (C=O) groups is 1. The van der Waals surface area contributed by atoms with Gasteiger partial charge in [0.1, 0.15) is 5.54 Å². The number of aryl methyl sites for hydroxylation is 2. The van der Waals surface area contributed by atoms with Gasteiger partial charge in [0.2, 0.25) is 0 Å². The van der Waals surface area contributed by atoms with E-state index < -0.39 is 11.5 Å². The van der Waals surface area contributed by atoms with Crippen LogP contribution in [0.2, 0.25) is 0 Å². The zero-order valence-electron chi connectivity index (χ0n) is 10.5. The van der Waals surface area contributed by atoms with Crippen molar-refractivity contribution in [2.24, 2.45) is 11.7 Å². The second-order valence-electron chi connectivity index (χ2n) is 4.84. The summed E-state index contributed by atoms with van der Waals surface area (Å²) in [6, 6.07) is 1.89. The Balaban J connectivity index is 2.07. The zero-order chi connectivity index (χ0) is 13.3. The Kier molecular flexibility index (Phi) is 3.59. The Morgan fingerprint density at radius 2 is 2.06 bits per heavy atom. The molecule has 18 heavy (non-hydrogen) atoms. The lowest BCUT2D eigenvalue weighted by Crippen LogP contribution is -2.52. The number of carboxylic acid groups (broad SMARTS) is 1. The number of hydrogen-bond acceptors (Lipinski definition) is 5. The van der Waals surface area contributed by atoms with Crippen LogP contribution in [0.1, 0.15) is 24.2 Å². The summed E-state index contributed by atoms with van der Waals surface area (Å²) in [4.78, 5) is 19.8. The third-order valence-corrected chi connectivity index (χ3v) is 4.17. The lowest BCUT2D eigenvalue weighted by atomic mass is 9.98. The molecule has 3 N–H and O–H groups in total. The molecule has 0 amide bonds. The van der Waals surface area contributed by atoms with E-state index in [4.69, 9.17) is 5.73 Å². The largest absolute Gasteiger partial charge is 0.480 e. The Labute approximate surface area is 110 Å². The number of aliphatic carboxylic acids is 1. The molecular formula is C12H17N3O2S. The number of hydrogen-bond donors (Lipinski definition) is 2. The van der Waals surface area contributed by atoms with Crippen LogP contribution in [-0.2, 0) is 4.79 Å². The molecule has 1 atom stereocenters. The van der Waals surface area contributed by atoms with Crippen LogP contribution in [0.25, 0.3) is 0 Å². The standard InChI is InChI=1S/C12H17N3O2S/c1-7-5-8(2)15-11(14-7)18-6-12(13,10(16)17)9-3-4-9/h5,9H,3-4,6,13H2,1-2H3,(H,16,17). The van der Waals surface area contributed by atoms with Gasteiger partial charge in [0, 0.05) is 17.1 Å². The van der Waals surface area contributed by atoms with Gasteiger partial charge in [0.05, 0.1) is 0 Å². The van der Waals surface area contributed by atoms with Crippen molar-refractivity contribution in [2.45, 2.75) is 37.4 Å². The maximum atomic E-state index is 11.3. The molecular weight excluding hydrogens is 250 g/mol. The molecule has 5 nitrogen and oxygen atoms in total. The van der Waals surface area contributed by atoms with Crippen molar-refractivity contribution in [3.63, 3.8) is 0 Å². The molecule has 6 heteroatoms. The van der Waals surface area contributed by atoms with E-state index in [2.05, 4.69) is 9.97 Å². The lowest BCUT2D eigenvalue weighted by Gasteiger charge is -2.23. The first kappa shape index (κ1) is 13.3. The summed E-state index contributed by atoms with van der Waals surface area (Å²) in [5.74, 6) is -0.522.